The van der Waals surface area contributed by atoms with Gasteiger partial charge in [-0.3, -0.25) is 14.6 Å². The van der Waals surface area contributed by atoms with Crippen molar-refractivity contribution >= 4 is 23.2 Å². The Morgan fingerprint density at radius 1 is 0.971 bits per heavy atom. The molecule has 6 nitrogen and oxygen atoms in total. The summed E-state index contributed by atoms with van der Waals surface area (Å²) in [5.74, 6) is 0.455. The first kappa shape index (κ1) is 23.2. The Morgan fingerprint density at radius 3 is 2.56 bits per heavy atom. The van der Waals surface area contributed by atoms with Gasteiger partial charge in [0.15, 0.2) is 0 Å². The molecular formula is C27H25N3O3S. The number of amides is 2. The summed E-state index contributed by atoms with van der Waals surface area (Å²) in [4.78, 5) is 29.7. The van der Waals surface area contributed by atoms with Crippen molar-refractivity contribution in [1.82, 2.24) is 15.6 Å². The zero-order valence-corrected chi connectivity index (χ0v) is 19.5. The molecule has 7 heteroatoms. The highest BCUT2D eigenvalue weighted by Gasteiger charge is 2.13. The zero-order valence-electron chi connectivity index (χ0n) is 18.7. The van der Waals surface area contributed by atoms with E-state index in [-0.39, 0.29) is 17.9 Å². The highest BCUT2D eigenvalue weighted by Crippen LogP contribution is 2.20. The Morgan fingerprint density at radius 2 is 1.82 bits per heavy atom. The number of hydrogen-bond donors (Lipinski definition) is 2. The molecule has 2 amide bonds. The second-order valence-electron chi connectivity index (χ2n) is 7.73. The second kappa shape index (κ2) is 11.2. The molecule has 0 aliphatic carbocycles. The van der Waals surface area contributed by atoms with Crippen LogP contribution in [0.2, 0.25) is 0 Å². The van der Waals surface area contributed by atoms with Gasteiger partial charge in [0.05, 0.1) is 16.6 Å². The topological polar surface area (TPSA) is 80.3 Å². The molecule has 0 aliphatic heterocycles. The lowest BCUT2D eigenvalue weighted by Gasteiger charge is -2.16. The Labute approximate surface area is 202 Å². The normalized spacial score (nSPS) is 11.4. The number of hydrogen-bond acceptors (Lipinski definition) is 5. The lowest BCUT2D eigenvalue weighted by atomic mass is 10.1. The molecular weight excluding hydrogens is 446 g/mol. The van der Waals surface area contributed by atoms with Crippen molar-refractivity contribution in [3.05, 3.63) is 118 Å². The van der Waals surface area contributed by atoms with Crippen LogP contribution in [0.25, 0.3) is 0 Å². The van der Waals surface area contributed by atoms with E-state index in [0.29, 0.717) is 23.6 Å². The Balaban J connectivity index is 1.30. The molecule has 1 atom stereocenters. The SMILES string of the molecule is CC(NC(=O)c1ccc(CNC(=O)c2cccs2)cc1)c1cccc(OCc2ccccn2)c1. The summed E-state index contributed by atoms with van der Waals surface area (Å²) in [7, 11) is 0. The van der Waals surface area contributed by atoms with Crippen molar-refractivity contribution < 1.29 is 14.3 Å². The second-order valence-corrected chi connectivity index (χ2v) is 8.68. The van der Waals surface area contributed by atoms with Gasteiger partial charge in [-0.25, -0.2) is 0 Å². The van der Waals surface area contributed by atoms with E-state index in [0.717, 1.165) is 22.6 Å². The predicted octanol–water partition coefficient (Wildman–Crippen LogP) is 5.14. The quantitative estimate of drug-likeness (QED) is 0.354. The minimum atomic E-state index is -0.198. The van der Waals surface area contributed by atoms with Crippen LogP contribution in [-0.4, -0.2) is 16.8 Å². The van der Waals surface area contributed by atoms with Gasteiger partial charge in [-0.05, 0) is 65.9 Å². The number of rotatable bonds is 9. The standard InChI is InChI=1S/C27H25N3O3S/c1-19(22-6-4-8-24(16-22)33-18-23-7-2-3-14-28-23)30-26(31)21-12-10-20(11-13-21)17-29-27(32)25-9-5-15-34-25/h2-16,19H,17-18H2,1H3,(H,29,32)(H,30,31). The monoisotopic (exact) mass is 471 g/mol. The molecule has 4 rings (SSSR count). The summed E-state index contributed by atoms with van der Waals surface area (Å²) in [5, 5.41) is 7.78. The van der Waals surface area contributed by atoms with E-state index in [2.05, 4.69) is 15.6 Å². The molecule has 0 fully saturated rings. The van der Waals surface area contributed by atoms with Crippen LogP contribution in [0.4, 0.5) is 0 Å². The average Bonchev–Trinajstić information content (AvgIpc) is 3.42. The number of carbonyl (C=O) groups excluding carboxylic acids is 2. The number of pyridine rings is 1. The average molecular weight is 472 g/mol. The molecule has 34 heavy (non-hydrogen) atoms. The van der Waals surface area contributed by atoms with Gasteiger partial charge in [-0.2, -0.15) is 0 Å². The van der Waals surface area contributed by atoms with E-state index in [4.69, 9.17) is 4.74 Å². The molecule has 0 aliphatic rings. The molecule has 2 heterocycles. The van der Waals surface area contributed by atoms with Crippen molar-refractivity contribution in [1.29, 1.82) is 0 Å². The van der Waals surface area contributed by atoms with E-state index in [1.54, 1.807) is 24.4 Å². The van der Waals surface area contributed by atoms with Gasteiger partial charge < -0.3 is 15.4 Å². The first-order valence-corrected chi connectivity index (χ1v) is 11.8. The largest absolute Gasteiger partial charge is 0.487 e. The van der Waals surface area contributed by atoms with Crippen LogP contribution in [0.5, 0.6) is 5.75 Å². The first-order valence-electron chi connectivity index (χ1n) is 10.9. The maximum atomic E-state index is 12.7. The van der Waals surface area contributed by atoms with Gasteiger partial charge in [0.1, 0.15) is 12.4 Å². The van der Waals surface area contributed by atoms with Gasteiger partial charge in [0.25, 0.3) is 11.8 Å². The van der Waals surface area contributed by atoms with E-state index in [1.807, 2.05) is 73.0 Å². The molecule has 4 aromatic rings. The third kappa shape index (κ3) is 6.30. The number of thiophene rings is 1. The van der Waals surface area contributed by atoms with E-state index in [9.17, 15) is 9.59 Å². The molecule has 2 aromatic heterocycles. The Bertz CT molecular complexity index is 1230. The minimum absolute atomic E-state index is 0.100. The third-order valence-corrected chi connectivity index (χ3v) is 6.10. The number of nitrogens with one attached hydrogen (secondary N) is 2. The Hall–Kier alpha value is -3.97. The summed E-state index contributed by atoms with van der Waals surface area (Å²) in [6.45, 7) is 2.72. The lowest BCUT2D eigenvalue weighted by Crippen LogP contribution is -2.26. The van der Waals surface area contributed by atoms with Gasteiger partial charge in [0, 0.05) is 18.3 Å². The summed E-state index contributed by atoms with van der Waals surface area (Å²) >= 11 is 1.40. The van der Waals surface area contributed by atoms with E-state index in [1.165, 1.54) is 11.3 Å². The van der Waals surface area contributed by atoms with E-state index < -0.39 is 0 Å². The zero-order chi connectivity index (χ0) is 23.8. The van der Waals surface area contributed by atoms with Crippen LogP contribution in [0.3, 0.4) is 0 Å². The summed E-state index contributed by atoms with van der Waals surface area (Å²) in [6.07, 6.45) is 1.74. The fourth-order valence-corrected chi connectivity index (χ4v) is 3.97. The minimum Gasteiger partial charge on any atom is -0.487 e. The van der Waals surface area contributed by atoms with Crippen LogP contribution in [0.15, 0.2) is 90.4 Å². The van der Waals surface area contributed by atoms with Crippen molar-refractivity contribution in [2.75, 3.05) is 0 Å². The lowest BCUT2D eigenvalue weighted by molar-refractivity contribution is 0.0935. The maximum Gasteiger partial charge on any atom is 0.261 e. The van der Waals surface area contributed by atoms with Crippen molar-refractivity contribution in [2.45, 2.75) is 26.1 Å². The highest BCUT2D eigenvalue weighted by atomic mass is 32.1. The van der Waals surface area contributed by atoms with Gasteiger partial charge >= 0.3 is 0 Å². The van der Waals surface area contributed by atoms with Gasteiger partial charge in [0.2, 0.25) is 0 Å². The number of benzene rings is 2. The van der Waals surface area contributed by atoms with Crippen molar-refractivity contribution in [3.8, 4) is 5.75 Å². The predicted molar refractivity (Wildman–Crippen MR) is 133 cm³/mol. The highest BCUT2D eigenvalue weighted by molar-refractivity contribution is 7.12. The van der Waals surface area contributed by atoms with Crippen LogP contribution >= 0.6 is 11.3 Å². The fourth-order valence-electron chi connectivity index (χ4n) is 3.33. The maximum absolute atomic E-state index is 12.7. The van der Waals surface area contributed by atoms with Crippen LogP contribution in [0, 0.1) is 0 Å². The van der Waals surface area contributed by atoms with Crippen LogP contribution in [0.1, 0.15) is 49.8 Å². The van der Waals surface area contributed by atoms with Crippen molar-refractivity contribution in [3.63, 3.8) is 0 Å². The molecule has 0 radical (unpaired) electrons. The molecule has 0 spiro atoms. The number of aromatic nitrogens is 1. The summed E-state index contributed by atoms with van der Waals surface area (Å²) in [6, 6.07) is 24.0. The molecule has 2 aromatic carbocycles. The number of carbonyl (C=O) groups is 2. The molecule has 0 saturated carbocycles. The van der Waals surface area contributed by atoms with E-state index >= 15 is 0 Å². The van der Waals surface area contributed by atoms with Crippen LogP contribution in [-0.2, 0) is 13.2 Å². The molecule has 172 valence electrons. The number of nitrogens with zero attached hydrogens (tertiary/aromatic N) is 1. The van der Waals surface area contributed by atoms with Crippen molar-refractivity contribution in [2.24, 2.45) is 0 Å². The third-order valence-electron chi connectivity index (χ3n) is 5.23. The first-order chi connectivity index (χ1) is 16.6. The summed E-state index contributed by atoms with van der Waals surface area (Å²) in [5.41, 5.74) is 3.28. The van der Waals surface area contributed by atoms with Gasteiger partial charge in [-0.15, -0.1) is 11.3 Å². The van der Waals surface area contributed by atoms with Crippen LogP contribution < -0.4 is 15.4 Å². The smallest absolute Gasteiger partial charge is 0.261 e. The molecule has 2 N–H and O–H groups in total. The van der Waals surface area contributed by atoms with Gasteiger partial charge in [-0.1, -0.05) is 36.4 Å². The fraction of sp³-hybridized carbons (Fsp3) is 0.148. The molecule has 0 saturated heterocycles. The Kier molecular flexibility index (Phi) is 7.67. The molecule has 1 unspecified atom stereocenters. The number of ether oxygens (including phenoxy) is 1. The molecule has 0 bridgehead atoms. The summed E-state index contributed by atoms with van der Waals surface area (Å²) < 4.78 is 5.84.